The van der Waals surface area contributed by atoms with Crippen LogP contribution in [0.1, 0.15) is 72.6 Å². The van der Waals surface area contributed by atoms with Gasteiger partial charge < -0.3 is 10.2 Å². The van der Waals surface area contributed by atoms with Crippen molar-refractivity contribution in [2.45, 2.75) is 78.7 Å². The highest BCUT2D eigenvalue weighted by Gasteiger charge is 2.35. The maximum absolute atomic E-state index is 3.71. The Morgan fingerprint density at radius 1 is 1.20 bits per heavy atom. The Balaban J connectivity index is 2.57. The average Bonchev–Trinajstić information content (AvgIpc) is 2.43. The van der Waals surface area contributed by atoms with Crippen LogP contribution in [0.5, 0.6) is 0 Å². The summed E-state index contributed by atoms with van der Waals surface area (Å²) in [5.41, 5.74) is 0.526. The largest absolute Gasteiger partial charge is 0.316 e. The van der Waals surface area contributed by atoms with E-state index in [0.29, 0.717) is 5.41 Å². The third kappa shape index (κ3) is 5.73. The van der Waals surface area contributed by atoms with Gasteiger partial charge in [-0.05, 0) is 57.5 Å². The van der Waals surface area contributed by atoms with Gasteiger partial charge in [-0.25, -0.2) is 0 Å². The lowest BCUT2D eigenvalue weighted by Gasteiger charge is -2.43. The Morgan fingerprint density at radius 2 is 1.85 bits per heavy atom. The van der Waals surface area contributed by atoms with Gasteiger partial charge in [0, 0.05) is 19.1 Å². The predicted octanol–water partition coefficient (Wildman–Crippen LogP) is 4.30. The molecule has 1 unspecified atom stereocenters. The lowest BCUT2D eigenvalue weighted by atomic mass is 9.70. The molecular weight excluding hydrogens is 244 g/mol. The molecule has 1 aliphatic rings. The summed E-state index contributed by atoms with van der Waals surface area (Å²) in [5.74, 6) is 0.938. The Bertz CT molecular complexity index is 244. The first-order chi connectivity index (χ1) is 9.53. The third-order valence-corrected chi connectivity index (χ3v) is 5.31. The number of nitrogens with zero attached hydrogens (tertiary/aromatic N) is 1. The van der Waals surface area contributed by atoms with Crippen molar-refractivity contribution in [2.75, 3.05) is 26.7 Å². The van der Waals surface area contributed by atoms with Crippen molar-refractivity contribution in [1.82, 2.24) is 10.2 Å². The number of hydrogen-bond acceptors (Lipinski definition) is 2. The Morgan fingerprint density at radius 3 is 2.40 bits per heavy atom. The minimum atomic E-state index is 0.526. The summed E-state index contributed by atoms with van der Waals surface area (Å²) in [6, 6.07) is 0.724. The lowest BCUT2D eigenvalue weighted by molar-refractivity contribution is 0.0800. The van der Waals surface area contributed by atoms with E-state index in [1.54, 1.807) is 0 Å². The van der Waals surface area contributed by atoms with E-state index in [1.165, 1.54) is 64.6 Å². The molecule has 1 saturated carbocycles. The SMILES string of the molecule is CCCNCC1(CN(C)C(C)CCC)CCC(C)CC1. The summed E-state index contributed by atoms with van der Waals surface area (Å²) in [6.45, 7) is 13.0. The van der Waals surface area contributed by atoms with Gasteiger partial charge in [0.1, 0.15) is 0 Å². The van der Waals surface area contributed by atoms with Gasteiger partial charge in [0.15, 0.2) is 0 Å². The van der Waals surface area contributed by atoms with Crippen molar-refractivity contribution < 1.29 is 0 Å². The van der Waals surface area contributed by atoms with Gasteiger partial charge in [0.25, 0.3) is 0 Å². The number of nitrogens with one attached hydrogen (secondary N) is 1. The molecule has 1 aliphatic carbocycles. The fourth-order valence-corrected chi connectivity index (χ4v) is 3.62. The minimum absolute atomic E-state index is 0.526. The second-order valence-corrected chi connectivity index (χ2v) is 7.41. The Hall–Kier alpha value is -0.0800. The fraction of sp³-hybridized carbons (Fsp3) is 1.00. The van der Waals surface area contributed by atoms with Gasteiger partial charge in [0.2, 0.25) is 0 Å². The lowest BCUT2D eigenvalue weighted by Crippen LogP contribution is -2.47. The molecule has 20 heavy (non-hydrogen) atoms. The highest BCUT2D eigenvalue weighted by Crippen LogP contribution is 2.39. The summed E-state index contributed by atoms with van der Waals surface area (Å²) < 4.78 is 0. The molecular formula is C18H38N2. The molecule has 2 nitrogen and oxygen atoms in total. The van der Waals surface area contributed by atoms with Gasteiger partial charge in [-0.3, -0.25) is 0 Å². The smallest absolute Gasteiger partial charge is 0.00640 e. The molecule has 0 radical (unpaired) electrons. The first kappa shape index (κ1) is 18.0. The van der Waals surface area contributed by atoms with Crippen LogP contribution in [-0.2, 0) is 0 Å². The van der Waals surface area contributed by atoms with Crippen molar-refractivity contribution in [3.63, 3.8) is 0 Å². The van der Waals surface area contributed by atoms with Gasteiger partial charge >= 0.3 is 0 Å². The van der Waals surface area contributed by atoms with E-state index in [2.05, 4.69) is 45.0 Å². The van der Waals surface area contributed by atoms with Crippen LogP contribution in [0.2, 0.25) is 0 Å². The number of hydrogen-bond donors (Lipinski definition) is 1. The summed E-state index contributed by atoms with van der Waals surface area (Å²) >= 11 is 0. The molecule has 0 aromatic rings. The van der Waals surface area contributed by atoms with Gasteiger partial charge in [-0.15, -0.1) is 0 Å². The van der Waals surface area contributed by atoms with Crippen LogP contribution in [0.3, 0.4) is 0 Å². The molecule has 0 saturated heterocycles. The first-order valence-electron chi connectivity index (χ1n) is 8.94. The molecule has 0 aromatic heterocycles. The third-order valence-electron chi connectivity index (χ3n) is 5.31. The van der Waals surface area contributed by atoms with Crippen molar-refractivity contribution in [3.8, 4) is 0 Å². The Labute approximate surface area is 127 Å². The van der Waals surface area contributed by atoms with Crippen molar-refractivity contribution in [2.24, 2.45) is 11.3 Å². The maximum Gasteiger partial charge on any atom is 0.00640 e. The molecule has 1 atom stereocenters. The van der Waals surface area contributed by atoms with Crippen molar-refractivity contribution >= 4 is 0 Å². The fourth-order valence-electron chi connectivity index (χ4n) is 3.62. The summed E-state index contributed by atoms with van der Waals surface area (Å²) in [4.78, 5) is 2.62. The molecule has 1 N–H and O–H groups in total. The van der Waals surface area contributed by atoms with E-state index in [4.69, 9.17) is 0 Å². The van der Waals surface area contributed by atoms with Gasteiger partial charge in [0.05, 0.1) is 0 Å². The van der Waals surface area contributed by atoms with Crippen LogP contribution in [0, 0.1) is 11.3 Å². The second kappa shape index (κ2) is 9.04. The zero-order valence-corrected chi connectivity index (χ0v) is 14.7. The molecule has 0 bridgehead atoms. The van der Waals surface area contributed by atoms with E-state index >= 15 is 0 Å². The predicted molar refractivity (Wildman–Crippen MR) is 90.2 cm³/mol. The van der Waals surface area contributed by atoms with E-state index in [0.717, 1.165) is 12.0 Å². The average molecular weight is 283 g/mol. The van der Waals surface area contributed by atoms with Crippen LogP contribution < -0.4 is 5.32 Å². The molecule has 0 amide bonds. The van der Waals surface area contributed by atoms with Crippen LogP contribution in [-0.4, -0.2) is 37.6 Å². The minimum Gasteiger partial charge on any atom is -0.316 e. The standard InChI is InChI=1S/C18H38N2/c1-6-8-17(4)20(5)15-18(14-19-13-7-2)11-9-16(3)10-12-18/h16-17,19H,6-15H2,1-5H3. The van der Waals surface area contributed by atoms with Crippen LogP contribution in [0.4, 0.5) is 0 Å². The van der Waals surface area contributed by atoms with E-state index in [9.17, 15) is 0 Å². The van der Waals surface area contributed by atoms with E-state index in [-0.39, 0.29) is 0 Å². The molecule has 2 heteroatoms. The normalized spacial score (nSPS) is 28.8. The molecule has 0 spiro atoms. The van der Waals surface area contributed by atoms with Crippen molar-refractivity contribution in [1.29, 1.82) is 0 Å². The quantitative estimate of drug-likeness (QED) is 0.634. The Kier molecular flexibility index (Phi) is 8.13. The molecule has 1 rings (SSSR count). The molecule has 0 aliphatic heterocycles. The monoisotopic (exact) mass is 282 g/mol. The summed E-state index contributed by atoms with van der Waals surface area (Å²) in [6.07, 6.45) is 9.53. The van der Waals surface area contributed by atoms with E-state index in [1.807, 2.05) is 0 Å². The summed E-state index contributed by atoms with van der Waals surface area (Å²) in [7, 11) is 2.33. The van der Waals surface area contributed by atoms with Gasteiger partial charge in [-0.2, -0.15) is 0 Å². The van der Waals surface area contributed by atoms with Crippen LogP contribution in [0.15, 0.2) is 0 Å². The van der Waals surface area contributed by atoms with Gasteiger partial charge in [-0.1, -0.05) is 40.0 Å². The van der Waals surface area contributed by atoms with Crippen LogP contribution >= 0.6 is 0 Å². The molecule has 0 heterocycles. The van der Waals surface area contributed by atoms with Crippen LogP contribution in [0.25, 0.3) is 0 Å². The molecule has 1 fully saturated rings. The number of rotatable bonds is 9. The maximum atomic E-state index is 3.71. The molecule has 0 aromatic carbocycles. The zero-order valence-electron chi connectivity index (χ0n) is 14.7. The van der Waals surface area contributed by atoms with Crippen molar-refractivity contribution in [3.05, 3.63) is 0 Å². The summed E-state index contributed by atoms with van der Waals surface area (Å²) in [5, 5.41) is 3.71. The highest BCUT2D eigenvalue weighted by atomic mass is 15.1. The zero-order chi connectivity index (χ0) is 15.0. The van der Waals surface area contributed by atoms with E-state index < -0.39 is 0 Å². The second-order valence-electron chi connectivity index (χ2n) is 7.41. The highest BCUT2D eigenvalue weighted by molar-refractivity contribution is 4.89. The first-order valence-corrected chi connectivity index (χ1v) is 8.94. The topological polar surface area (TPSA) is 15.3 Å². The molecule has 120 valence electrons.